The van der Waals surface area contributed by atoms with Crippen molar-refractivity contribution >= 4 is 23.1 Å². The molecular weight excluding hydrogens is 248 g/mol. The van der Waals surface area contributed by atoms with Crippen LogP contribution < -0.4 is 0 Å². The fourth-order valence-corrected chi connectivity index (χ4v) is 2.33. The van der Waals surface area contributed by atoms with Crippen LogP contribution in [0.3, 0.4) is 0 Å². The first-order valence-electron chi connectivity index (χ1n) is 5.78. The molecule has 0 fully saturated rings. The third-order valence-electron chi connectivity index (χ3n) is 2.35. The van der Waals surface area contributed by atoms with E-state index in [1.807, 2.05) is 0 Å². The predicted molar refractivity (Wildman–Crippen MR) is 68.7 cm³/mol. The van der Waals surface area contributed by atoms with Crippen LogP contribution in [0.4, 0.5) is 0 Å². The van der Waals surface area contributed by atoms with E-state index >= 15 is 0 Å². The molecule has 4 nitrogen and oxygen atoms in total. The van der Waals surface area contributed by atoms with Crippen LogP contribution in [0.1, 0.15) is 51.4 Å². The molecule has 0 heterocycles. The van der Waals surface area contributed by atoms with Crippen molar-refractivity contribution in [3.8, 4) is 0 Å². The highest BCUT2D eigenvalue weighted by Gasteiger charge is 1.95. The Balaban J connectivity index is 2.90. The molecule has 0 amide bonds. The highest BCUT2D eigenvalue weighted by molar-refractivity contribution is 7.94. The molecule has 0 aromatic rings. The monoisotopic (exact) mass is 270 g/mol. The molecule has 0 aliphatic heterocycles. The minimum atomic E-state index is -1.61. The van der Waals surface area contributed by atoms with E-state index in [0.717, 1.165) is 43.5 Å². The lowest BCUT2D eigenvalue weighted by Crippen LogP contribution is -1.94. The van der Waals surface area contributed by atoms with Crippen molar-refractivity contribution in [3.05, 3.63) is 0 Å². The van der Waals surface area contributed by atoms with E-state index in [9.17, 15) is 4.21 Å². The van der Waals surface area contributed by atoms with E-state index in [4.69, 9.17) is 9.81 Å². The number of rotatable bonds is 12. The van der Waals surface area contributed by atoms with Gasteiger partial charge >= 0.3 is 0 Å². The summed E-state index contributed by atoms with van der Waals surface area (Å²) in [5, 5.41) is 8.05. The van der Waals surface area contributed by atoms with Crippen molar-refractivity contribution in [2.24, 2.45) is 0 Å². The highest BCUT2D eigenvalue weighted by atomic mass is 32.2. The Kier molecular flexibility index (Phi) is 13.8. The maximum absolute atomic E-state index is 10.3. The largest absolute Gasteiger partial charge is 0.306 e. The van der Waals surface area contributed by atoms with Crippen molar-refractivity contribution < 1.29 is 18.4 Å². The zero-order valence-electron chi connectivity index (χ0n) is 9.60. The van der Waals surface area contributed by atoms with Crippen LogP contribution >= 0.6 is 12.0 Å². The van der Waals surface area contributed by atoms with Gasteiger partial charge < -0.3 is 4.55 Å². The van der Waals surface area contributed by atoms with Crippen LogP contribution in [0, 0.1) is 0 Å². The summed E-state index contributed by atoms with van der Waals surface area (Å²) >= 11 is -0.525. The SMILES string of the molecule is O=S(O)CCCCCCCCCCSOO. The fourth-order valence-electron chi connectivity index (χ4n) is 1.48. The summed E-state index contributed by atoms with van der Waals surface area (Å²) in [5.74, 6) is 1.26. The van der Waals surface area contributed by atoms with E-state index < -0.39 is 11.1 Å². The zero-order chi connectivity index (χ0) is 12.1. The van der Waals surface area contributed by atoms with Gasteiger partial charge in [-0.1, -0.05) is 38.5 Å². The summed E-state index contributed by atoms with van der Waals surface area (Å²) in [7, 11) is 0. The minimum absolute atomic E-state index is 0.415. The predicted octanol–water partition coefficient (Wildman–Crippen LogP) is 3.47. The molecule has 98 valence electrons. The average molecular weight is 270 g/mol. The van der Waals surface area contributed by atoms with Gasteiger partial charge in [-0.25, -0.2) is 9.47 Å². The van der Waals surface area contributed by atoms with Crippen molar-refractivity contribution in [2.75, 3.05) is 11.5 Å². The molecule has 2 N–H and O–H groups in total. The van der Waals surface area contributed by atoms with Gasteiger partial charge in [0, 0.05) is 23.5 Å². The highest BCUT2D eigenvalue weighted by Crippen LogP contribution is 2.11. The molecule has 0 radical (unpaired) electrons. The van der Waals surface area contributed by atoms with E-state index in [2.05, 4.69) is 4.33 Å². The summed E-state index contributed by atoms with van der Waals surface area (Å²) < 4.78 is 22.8. The summed E-state index contributed by atoms with van der Waals surface area (Å²) in [4.78, 5) is 0. The molecule has 0 aliphatic rings. The standard InChI is InChI=1S/C10H22O4S2/c11-14-15-9-7-5-3-1-2-4-6-8-10-16(12)13/h11H,1-10H2,(H,12,13). The molecule has 6 heteroatoms. The van der Waals surface area contributed by atoms with Crippen molar-refractivity contribution in [1.82, 2.24) is 0 Å². The van der Waals surface area contributed by atoms with Gasteiger partial charge in [0.25, 0.3) is 0 Å². The summed E-state index contributed by atoms with van der Waals surface area (Å²) in [6.45, 7) is 0. The molecule has 0 bridgehead atoms. The average Bonchev–Trinajstić information content (AvgIpc) is 2.25. The van der Waals surface area contributed by atoms with Crippen LogP contribution in [0.5, 0.6) is 0 Å². The number of hydrogen-bond donors (Lipinski definition) is 2. The quantitative estimate of drug-likeness (QED) is 0.187. The second-order valence-corrected chi connectivity index (χ2v) is 5.59. The van der Waals surface area contributed by atoms with Crippen molar-refractivity contribution in [3.63, 3.8) is 0 Å². The van der Waals surface area contributed by atoms with Crippen molar-refractivity contribution in [1.29, 1.82) is 0 Å². The minimum Gasteiger partial charge on any atom is -0.306 e. The molecule has 16 heavy (non-hydrogen) atoms. The molecule has 1 unspecified atom stereocenters. The topological polar surface area (TPSA) is 66.8 Å². The molecule has 0 spiro atoms. The smallest absolute Gasteiger partial charge is 0.152 e. The first-order valence-corrected chi connectivity index (χ1v) is 7.96. The molecular formula is C10H22O4S2. The van der Waals surface area contributed by atoms with Gasteiger partial charge in [-0.15, -0.1) is 0 Å². The first-order chi connectivity index (χ1) is 7.77. The molecule has 0 aromatic heterocycles. The van der Waals surface area contributed by atoms with Gasteiger partial charge in [-0.2, -0.15) is 4.33 Å². The maximum Gasteiger partial charge on any atom is 0.152 e. The normalized spacial score (nSPS) is 12.9. The van der Waals surface area contributed by atoms with E-state index in [-0.39, 0.29) is 0 Å². The van der Waals surface area contributed by atoms with Gasteiger partial charge in [-0.05, 0) is 12.8 Å². The zero-order valence-corrected chi connectivity index (χ0v) is 11.2. The lowest BCUT2D eigenvalue weighted by atomic mass is 10.1. The second-order valence-electron chi connectivity index (χ2n) is 3.75. The van der Waals surface area contributed by atoms with Crippen LogP contribution in [0.15, 0.2) is 0 Å². The van der Waals surface area contributed by atoms with Gasteiger partial charge in [0.05, 0.1) is 0 Å². The van der Waals surface area contributed by atoms with Gasteiger partial charge in [-0.3, -0.25) is 0 Å². The molecule has 0 saturated heterocycles. The Labute approximate surface area is 105 Å². The van der Waals surface area contributed by atoms with Gasteiger partial charge in [0.2, 0.25) is 0 Å². The number of unbranched alkanes of at least 4 members (excludes halogenated alkanes) is 7. The Morgan fingerprint density at radius 1 is 0.938 bits per heavy atom. The first kappa shape index (κ1) is 16.4. The van der Waals surface area contributed by atoms with E-state index in [0.29, 0.717) is 5.75 Å². The number of hydrogen-bond acceptors (Lipinski definition) is 4. The third-order valence-corrected chi connectivity index (χ3v) is 3.55. The Bertz CT molecular complexity index is 167. The van der Waals surface area contributed by atoms with Crippen LogP contribution in [0.2, 0.25) is 0 Å². The summed E-state index contributed by atoms with van der Waals surface area (Å²) in [5.41, 5.74) is 0. The summed E-state index contributed by atoms with van der Waals surface area (Å²) in [6, 6.07) is 0. The Morgan fingerprint density at radius 2 is 1.44 bits per heavy atom. The Hall–Kier alpha value is 0.380. The second kappa shape index (κ2) is 13.4. The van der Waals surface area contributed by atoms with Crippen LogP contribution in [0.25, 0.3) is 0 Å². The van der Waals surface area contributed by atoms with Crippen LogP contribution in [-0.4, -0.2) is 25.5 Å². The van der Waals surface area contributed by atoms with Crippen LogP contribution in [-0.2, 0) is 15.4 Å². The van der Waals surface area contributed by atoms with Crippen molar-refractivity contribution in [2.45, 2.75) is 51.4 Å². The summed E-state index contributed by atoms with van der Waals surface area (Å²) in [6.07, 6.45) is 8.98. The Morgan fingerprint density at radius 3 is 1.94 bits per heavy atom. The fraction of sp³-hybridized carbons (Fsp3) is 1.00. The molecule has 0 aromatic carbocycles. The molecule has 0 saturated carbocycles. The lowest BCUT2D eigenvalue weighted by Gasteiger charge is -2.01. The van der Waals surface area contributed by atoms with E-state index in [1.165, 1.54) is 25.7 Å². The molecule has 0 aliphatic carbocycles. The third kappa shape index (κ3) is 14.4. The molecule has 1 atom stereocenters. The van der Waals surface area contributed by atoms with Gasteiger partial charge in [0.15, 0.2) is 11.1 Å². The van der Waals surface area contributed by atoms with Gasteiger partial charge in [0.1, 0.15) is 0 Å². The lowest BCUT2D eigenvalue weighted by molar-refractivity contribution is -0.116. The van der Waals surface area contributed by atoms with E-state index in [1.54, 1.807) is 0 Å². The maximum atomic E-state index is 10.3. The molecule has 0 rings (SSSR count).